The number of sulfonamides is 1. The van der Waals surface area contributed by atoms with Crippen molar-refractivity contribution in [1.82, 2.24) is 0 Å². The minimum absolute atomic E-state index is 0.139. The van der Waals surface area contributed by atoms with Gasteiger partial charge >= 0.3 is 5.97 Å². The number of carbonyl (C=O) groups is 1. The van der Waals surface area contributed by atoms with Crippen molar-refractivity contribution in [2.75, 3.05) is 18.0 Å². The topological polar surface area (TPSA) is 116 Å². The zero-order valence-electron chi connectivity index (χ0n) is 15.6. The molecule has 0 amide bonds. The van der Waals surface area contributed by atoms with Crippen LogP contribution in [-0.4, -0.2) is 39.1 Å². The van der Waals surface area contributed by atoms with Crippen LogP contribution in [0.4, 0.5) is 11.4 Å². The molecule has 0 aliphatic heterocycles. The number of nitrogens with zero attached hydrogens (tertiary/aromatic N) is 2. The molecule has 10 heteroatoms. The van der Waals surface area contributed by atoms with Crippen molar-refractivity contribution in [3.05, 3.63) is 58.6 Å². The summed E-state index contributed by atoms with van der Waals surface area (Å²) in [5.74, 6) is -0.301. The second kappa shape index (κ2) is 8.70. The van der Waals surface area contributed by atoms with E-state index in [0.29, 0.717) is 5.75 Å². The average Bonchev–Trinajstić information content (AvgIpc) is 2.65. The molecule has 2 aromatic carbocycles. The molecule has 9 nitrogen and oxygen atoms in total. The highest BCUT2D eigenvalue weighted by molar-refractivity contribution is 7.93. The van der Waals surface area contributed by atoms with Crippen molar-refractivity contribution in [2.24, 2.45) is 0 Å². The van der Waals surface area contributed by atoms with Crippen LogP contribution in [0.1, 0.15) is 13.8 Å². The van der Waals surface area contributed by atoms with E-state index in [-0.39, 0.29) is 5.69 Å². The lowest BCUT2D eigenvalue weighted by atomic mass is 10.3. The molecule has 0 unspecified atom stereocenters. The van der Waals surface area contributed by atoms with Gasteiger partial charge in [0.2, 0.25) is 0 Å². The summed E-state index contributed by atoms with van der Waals surface area (Å²) in [5.41, 5.74) is -0.446. The third-order valence-electron chi connectivity index (χ3n) is 3.63. The summed E-state index contributed by atoms with van der Waals surface area (Å²) in [6.07, 6.45) is -0.445. The van der Waals surface area contributed by atoms with Crippen LogP contribution < -0.4 is 9.04 Å². The van der Waals surface area contributed by atoms with Crippen LogP contribution in [0.15, 0.2) is 53.4 Å². The Balaban J connectivity index is 2.56. The highest BCUT2D eigenvalue weighted by atomic mass is 32.2. The summed E-state index contributed by atoms with van der Waals surface area (Å²) in [5, 5.41) is 11.3. The van der Waals surface area contributed by atoms with Gasteiger partial charge in [0, 0.05) is 6.07 Å². The van der Waals surface area contributed by atoms with E-state index in [1.54, 1.807) is 13.8 Å². The highest BCUT2D eigenvalue weighted by Gasteiger charge is 2.33. The van der Waals surface area contributed by atoms with E-state index in [0.717, 1.165) is 16.4 Å². The van der Waals surface area contributed by atoms with Gasteiger partial charge in [-0.3, -0.25) is 19.2 Å². The third-order valence-corrected chi connectivity index (χ3v) is 5.45. The van der Waals surface area contributed by atoms with Gasteiger partial charge in [0.25, 0.3) is 15.7 Å². The first-order valence-corrected chi connectivity index (χ1v) is 9.70. The standard InChI is InChI=1S/C18H20N2O7S/c1-13(2)27-18(21)12-19(14-8-10-15(26-3)11-9-14)28(24,25)17-7-5-4-6-16(17)20(22)23/h4-11,13H,12H2,1-3H3. The SMILES string of the molecule is COc1ccc(N(CC(=O)OC(C)C)S(=O)(=O)c2ccccc2[N+](=O)[O-])cc1. The fourth-order valence-corrected chi connectivity index (χ4v) is 4.00. The van der Waals surface area contributed by atoms with E-state index >= 15 is 0 Å². The molecule has 0 N–H and O–H groups in total. The number of methoxy groups -OCH3 is 1. The molecule has 2 rings (SSSR count). The van der Waals surface area contributed by atoms with Crippen molar-refractivity contribution < 1.29 is 27.6 Å². The van der Waals surface area contributed by atoms with Gasteiger partial charge in [0.05, 0.1) is 23.8 Å². The van der Waals surface area contributed by atoms with Crippen molar-refractivity contribution in [1.29, 1.82) is 0 Å². The van der Waals surface area contributed by atoms with Crippen LogP contribution in [0.5, 0.6) is 5.75 Å². The Labute approximate surface area is 162 Å². The minimum Gasteiger partial charge on any atom is -0.497 e. The Morgan fingerprint density at radius 1 is 1.14 bits per heavy atom. The summed E-state index contributed by atoms with van der Waals surface area (Å²) in [7, 11) is -2.98. The first-order valence-electron chi connectivity index (χ1n) is 8.26. The molecule has 0 aromatic heterocycles. The lowest BCUT2D eigenvalue weighted by Crippen LogP contribution is -2.37. The number of nitro benzene ring substituents is 1. The van der Waals surface area contributed by atoms with E-state index in [1.165, 1.54) is 43.5 Å². The lowest BCUT2D eigenvalue weighted by molar-refractivity contribution is -0.387. The quantitative estimate of drug-likeness (QED) is 0.374. The summed E-state index contributed by atoms with van der Waals surface area (Å²) in [6, 6.07) is 10.9. The summed E-state index contributed by atoms with van der Waals surface area (Å²) in [6.45, 7) is 2.62. The fraction of sp³-hybridized carbons (Fsp3) is 0.278. The number of para-hydroxylation sites is 1. The fourth-order valence-electron chi connectivity index (χ4n) is 2.43. The van der Waals surface area contributed by atoms with Crippen molar-refractivity contribution in [3.63, 3.8) is 0 Å². The largest absolute Gasteiger partial charge is 0.497 e. The molecular weight excluding hydrogens is 388 g/mol. The first kappa shape index (κ1) is 21.2. The van der Waals surface area contributed by atoms with E-state index in [1.807, 2.05) is 0 Å². The molecule has 0 aliphatic carbocycles. The highest BCUT2D eigenvalue weighted by Crippen LogP contribution is 2.30. The molecule has 0 bridgehead atoms. The van der Waals surface area contributed by atoms with E-state index < -0.39 is 44.1 Å². The number of hydrogen-bond donors (Lipinski definition) is 0. The molecule has 0 saturated heterocycles. The number of nitro groups is 1. The molecule has 0 heterocycles. The maximum Gasteiger partial charge on any atom is 0.327 e. The predicted molar refractivity (Wildman–Crippen MR) is 102 cm³/mol. The lowest BCUT2D eigenvalue weighted by Gasteiger charge is -2.24. The van der Waals surface area contributed by atoms with Gasteiger partial charge in [-0.05, 0) is 44.2 Å². The molecule has 0 saturated carbocycles. The second-order valence-electron chi connectivity index (χ2n) is 5.97. The smallest absolute Gasteiger partial charge is 0.327 e. The second-order valence-corrected chi connectivity index (χ2v) is 7.80. The van der Waals surface area contributed by atoms with Crippen molar-refractivity contribution in [3.8, 4) is 5.75 Å². The Morgan fingerprint density at radius 3 is 2.29 bits per heavy atom. The third kappa shape index (κ3) is 4.77. The minimum atomic E-state index is -4.43. The van der Waals surface area contributed by atoms with Crippen LogP contribution >= 0.6 is 0 Å². The molecule has 0 aliphatic rings. The molecule has 0 fully saturated rings. The average molecular weight is 408 g/mol. The molecular formula is C18H20N2O7S. The van der Waals surface area contributed by atoms with Gasteiger partial charge < -0.3 is 9.47 Å². The summed E-state index contributed by atoms with van der Waals surface area (Å²) in [4.78, 5) is 22.2. The number of anilines is 1. The van der Waals surface area contributed by atoms with Gasteiger partial charge in [0.15, 0.2) is 4.90 Å². The van der Waals surface area contributed by atoms with Crippen molar-refractivity contribution in [2.45, 2.75) is 24.8 Å². The number of ether oxygens (including phenoxy) is 2. The Morgan fingerprint density at radius 2 is 1.75 bits per heavy atom. The van der Waals surface area contributed by atoms with E-state index in [9.17, 15) is 23.3 Å². The maximum absolute atomic E-state index is 13.2. The number of rotatable bonds is 8. The zero-order chi connectivity index (χ0) is 20.9. The maximum atomic E-state index is 13.2. The summed E-state index contributed by atoms with van der Waals surface area (Å²) >= 11 is 0. The van der Waals surface area contributed by atoms with Crippen LogP contribution in [0.25, 0.3) is 0 Å². The van der Waals surface area contributed by atoms with Crippen LogP contribution in [0.3, 0.4) is 0 Å². The van der Waals surface area contributed by atoms with Crippen LogP contribution in [-0.2, 0) is 19.6 Å². The number of carbonyl (C=O) groups excluding carboxylic acids is 1. The number of benzene rings is 2. The van der Waals surface area contributed by atoms with Gasteiger partial charge in [0.1, 0.15) is 12.3 Å². The first-order chi connectivity index (χ1) is 13.2. The van der Waals surface area contributed by atoms with Crippen LogP contribution in [0, 0.1) is 10.1 Å². The van der Waals surface area contributed by atoms with Gasteiger partial charge in [-0.25, -0.2) is 8.42 Å². The zero-order valence-corrected chi connectivity index (χ0v) is 16.4. The Bertz CT molecular complexity index is 956. The molecule has 28 heavy (non-hydrogen) atoms. The van der Waals surface area contributed by atoms with Crippen LogP contribution in [0.2, 0.25) is 0 Å². The van der Waals surface area contributed by atoms with Gasteiger partial charge in [-0.2, -0.15) is 0 Å². The van der Waals surface area contributed by atoms with E-state index in [4.69, 9.17) is 9.47 Å². The van der Waals surface area contributed by atoms with Gasteiger partial charge in [-0.1, -0.05) is 12.1 Å². The summed E-state index contributed by atoms with van der Waals surface area (Å²) < 4.78 is 37.3. The predicted octanol–water partition coefficient (Wildman–Crippen LogP) is 2.75. The van der Waals surface area contributed by atoms with E-state index in [2.05, 4.69) is 0 Å². The Kier molecular flexibility index (Phi) is 6.57. The molecule has 0 atom stereocenters. The number of esters is 1. The monoisotopic (exact) mass is 408 g/mol. The normalized spacial score (nSPS) is 11.1. The van der Waals surface area contributed by atoms with Gasteiger partial charge in [-0.15, -0.1) is 0 Å². The Hall–Kier alpha value is -3.14. The van der Waals surface area contributed by atoms with Crippen molar-refractivity contribution >= 4 is 27.4 Å². The number of hydrogen-bond acceptors (Lipinski definition) is 7. The molecule has 0 radical (unpaired) electrons. The molecule has 0 spiro atoms. The molecule has 2 aromatic rings. The molecule has 150 valence electrons.